The molecule has 0 aliphatic rings. The lowest BCUT2D eigenvalue weighted by molar-refractivity contribution is -0.688. The van der Waals surface area contributed by atoms with E-state index in [2.05, 4.69) is 5.32 Å². The van der Waals surface area contributed by atoms with Crippen LogP contribution in [0.3, 0.4) is 0 Å². The molecule has 0 aliphatic carbocycles. The zero-order valence-electron chi connectivity index (χ0n) is 16.5. The Hall–Kier alpha value is -3.69. The van der Waals surface area contributed by atoms with E-state index in [1.807, 2.05) is 35.2 Å². The van der Waals surface area contributed by atoms with Gasteiger partial charge in [0.15, 0.2) is 18.9 Å². The maximum Gasteiger partial charge on any atom is 0.475 e. The number of aromatic carboxylic acids is 1. The summed E-state index contributed by atoms with van der Waals surface area (Å²) < 4.78 is 1.99. The lowest BCUT2D eigenvalue weighted by Crippen LogP contribution is -2.47. The van der Waals surface area contributed by atoms with Crippen LogP contribution in [0, 0.1) is 0 Å². The number of benzene rings is 2. The minimum absolute atomic E-state index is 0.168. The highest BCUT2D eigenvalue weighted by Gasteiger charge is 2.28. The Morgan fingerprint density at radius 1 is 0.968 bits per heavy atom. The summed E-state index contributed by atoms with van der Waals surface area (Å²) in [5.41, 5.74) is 1.19. The van der Waals surface area contributed by atoms with Crippen molar-refractivity contribution < 1.29 is 34.4 Å². The predicted molar refractivity (Wildman–Crippen MR) is 112 cm³/mol. The number of pyridine rings is 1. The van der Waals surface area contributed by atoms with Gasteiger partial charge in [0.1, 0.15) is 11.3 Å². The van der Waals surface area contributed by atoms with E-state index >= 15 is 0 Å². The first-order valence-electron chi connectivity index (χ1n) is 9.59. The van der Waals surface area contributed by atoms with Crippen LogP contribution < -0.4 is 9.88 Å². The quantitative estimate of drug-likeness (QED) is 0.270. The van der Waals surface area contributed by atoms with Gasteiger partial charge in [0, 0.05) is 23.3 Å². The monoisotopic (exact) mass is 421 g/mol. The zero-order chi connectivity index (χ0) is 22.4. The maximum absolute atomic E-state index is 12.6. The fourth-order valence-corrected chi connectivity index (χ4v) is 3.16. The van der Waals surface area contributed by atoms with Crippen LogP contribution in [0.5, 0.6) is 5.75 Å². The lowest BCUT2D eigenvalue weighted by atomic mass is 9.75. The summed E-state index contributed by atoms with van der Waals surface area (Å²) in [6.45, 7) is 0.639. The number of amides is 1. The number of nitrogens with one attached hydrogen (secondary N) is 1. The third-order valence-electron chi connectivity index (χ3n) is 4.82. The van der Waals surface area contributed by atoms with Gasteiger partial charge in [-0.05, 0) is 30.2 Å². The molecule has 3 rings (SSSR count). The SMILES string of the molecule is O=C(N[C@@H](Cc1cccc(C(=O)O)c1O)B(O)O)c1ccc(C[n+]2ccccc2)cc1. The summed E-state index contributed by atoms with van der Waals surface area (Å²) in [7, 11) is -1.91. The highest BCUT2D eigenvalue weighted by atomic mass is 16.4. The molecule has 0 spiro atoms. The van der Waals surface area contributed by atoms with Crippen molar-refractivity contribution >= 4 is 19.0 Å². The predicted octanol–water partition coefficient (Wildman–Crippen LogP) is 0.779. The lowest BCUT2D eigenvalue weighted by Gasteiger charge is -2.19. The summed E-state index contributed by atoms with van der Waals surface area (Å²) in [4.78, 5) is 23.8. The third-order valence-corrected chi connectivity index (χ3v) is 4.82. The van der Waals surface area contributed by atoms with E-state index in [0.29, 0.717) is 12.1 Å². The number of aromatic hydroxyl groups is 1. The number of carbonyl (C=O) groups excluding carboxylic acids is 1. The van der Waals surface area contributed by atoms with Gasteiger partial charge >= 0.3 is 13.1 Å². The summed E-state index contributed by atoms with van der Waals surface area (Å²) in [5.74, 6) is -3.45. The van der Waals surface area contributed by atoms with Crippen LogP contribution in [0.15, 0.2) is 73.1 Å². The molecule has 2 aromatic carbocycles. The average molecular weight is 421 g/mol. The second-order valence-corrected chi connectivity index (χ2v) is 7.06. The Labute approximate surface area is 179 Å². The number of carboxylic acid groups (broad SMARTS) is 1. The van der Waals surface area contributed by atoms with Gasteiger partial charge in [-0.1, -0.05) is 30.3 Å². The number of phenols is 1. The molecule has 0 saturated heterocycles. The van der Waals surface area contributed by atoms with Gasteiger partial charge in [-0.15, -0.1) is 0 Å². The third kappa shape index (κ3) is 5.68. The molecule has 31 heavy (non-hydrogen) atoms. The Kier molecular flexibility index (Phi) is 7.01. The highest BCUT2D eigenvalue weighted by molar-refractivity contribution is 6.43. The summed E-state index contributed by atoms with van der Waals surface area (Å²) >= 11 is 0. The number of nitrogens with zero attached hydrogens (tertiary/aromatic N) is 1. The van der Waals surface area contributed by atoms with E-state index in [9.17, 15) is 24.7 Å². The van der Waals surface area contributed by atoms with Crippen LogP contribution in [-0.4, -0.2) is 45.2 Å². The van der Waals surface area contributed by atoms with E-state index in [1.54, 1.807) is 24.3 Å². The minimum Gasteiger partial charge on any atom is -0.507 e. The molecule has 1 atom stereocenters. The first kappa shape index (κ1) is 22.0. The molecule has 5 N–H and O–H groups in total. The molecule has 0 radical (unpaired) electrons. The van der Waals surface area contributed by atoms with Gasteiger partial charge < -0.3 is 25.6 Å². The van der Waals surface area contributed by atoms with E-state index in [0.717, 1.165) is 5.56 Å². The van der Waals surface area contributed by atoms with E-state index in [1.165, 1.54) is 18.2 Å². The van der Waals surface area contributed by atoms with Crippen LogP contribution >= 0.6 is 0 Å². The normalized spacial score (nSPS) is 11.5. The maximum atomic E-state index is 12.6. The first-order valence-corrected chi connectivity index (χ1v) is 9.59. The van der Waals surface area contributed by atoms with Crippen molar-refractivity contribution in [1.82, 2.24) is 5.32 Å². The molecular weight excluding hydrogens is 399 g/mol. The van der Waals surface area contributed by atoms with Gasteiger partial charge in [0.25, 0.3) is 5.91 Å². The van der Waals surface area contributed by atoms with Crippen molar-refractivity contribution in [3.05, 3.63) is 95.3 Å². The fraction of sp³-hybridized carbons (Fsp3) is 0.136. The van der Waals surface area contributed by atoms with Crippen molar-refractivity contribution in [2.45, 2.75) is 18.9 Å². The van der Waals surface area contributed by atoms with Crippen LogP contribution in [0.1, 0.15) is 31.8 Å². The molecule has 0 bridgehead atoms. The van der Waals surface area contributed by atoms with Crippen molar-refractivity contribution in [1.29, 1.82) is 0 Å². The number of carboxylic acids is 1. The smallest absolute Gasteiger partial charge is 0.475 e. The van der Waals surface area contributed by atoms with Crippen LogP contribution in [0.25, 0.3) is 0 Å². The Morgan fingerprint density at radius 2 is 1.65 bits per heavy atom. The number of para-hydroxylation sites is 1. The van der Waals surface area contributed by atoms with Gasteiger partial charge in [0.2, 0.25) is 0 Å². The highest BCUT2D eigenvalue weighted by Crippen LogP contribution is 2.24. The van der Waals surface area contributed by atoms with Gasteiger partial charge in [-0.3, -0.25) is 4.79 Å². The van der Waals surface area contributed by atoms with Crippen molar-refractivity contribution in [2.24, 2.45) is 0 Å². The molecule has 1 heterocycles. The van der Waals surface area contributed by atoms with Gasteiger partial charge in [0.05, 0.1) is 5.94 Å². The first-order chi connectivity index (χ1) is 14.8. The van der Waals surface area contributed by atoms with E-state index in [4.69, 9.17) is 5.11 Å². The molecule has 9 heteroatoms. The number of hydrogen-bond donors (Lipinski definition) is 5. The summed E-state index contributed by atoms with van der Waals surface area (Å²) in [6.07, 6.45) is 3.70. The molecule has 3 aromatic rings. The second-order valence-electron chi connectivity index (χ2n) is 7.06. The standard InChI is InChI=1S/C22H21BN2O6/c26-20-17(5-4-6-18(20)22(28)29)13-19(23(30)31)24-21(27)16-9-7-15(8-10-16)14-25-11-2-1-3-12-25/h1-12,19,30-31H,13-14H2,(H2-,24,26,27,28,29)/p+1/t19-/m0/s1. The molecule has 0 fully saturated rings. The Balaban J connectivity index is 1.70. The molecule has 0 unspecified atom stereocenters. The topological polar surface area (TPSA) is 131 Å². The molecule has 0 aliphatic heterocycles. The van der Waals surface area contributed by atoms with E-state index < -0.39 is 30.7 Å². The largest absolute Gasteiger partial charge is 0.507 e. The fourth-order valence-electron chi connectivity index (χ4n) is 3.16. The van der Waals surface area contributed by atoms with Crippen molar-refractivity contribution in [3.63, 3.8) is 0 Å². The molecule has 0 saturated carbocycles. The minimum atomic E-state index is -1.91. The number of aromatic nitrogens is 1. The molecule has 158 valence electrons. The Morgan fingerprint density at radius 3 is 2.26 bits per heavy atom. The van der Waals surface area contributed by atoms with Crippen molar-refractivity contribution in [2.75, 3.05) is 0 Å². The number of rotatable bonds is 8. The van der Waals surface area contributed by atoms with Gasteiger partial charge in [-0.25, -0.2) is 9.36 Å². The Bertz CT molecular complexity index is 1060. The van der Waals surface area contributed by atoms with Crippen molar-refractivity contribution in [3.8, 4) is 5.75 Å². The molecule has 1 aromatic heterocycles. The molecule has 1 amide bonds. The zero-order valence-corrected chi connectivity index (χ0v) is 16.5. The molecule has 8 nitrogen and oxygen atoms in total. The summed E-state index contributed by atoms with van der Waals surface area (Å²) in [5, 5.41) is 41.1. The summed E-state index contributed by atoms with van der Waals surface area (Å²) in [6, 6.07) is 16.8. The molecular formula is C22H22BN2O6+. The van der Waals surface area contributed by atoms with Crippen LogP contribution in [0.2, 0.25) is 0 Å². The number of hydrogen-bond acceptors (Lipinski definition) is 5. The van der Waals surface area contributed by atoms with Gasteiger partial charge in [-0.2, -0.15) is 0 Å². The average Bonchev–Trinajstić information content (AvgIpc) is 2.75. The van der Waals surface area contributed by atoms with E-state index in [-0.39, 0.29) is 17.5 Å². The van der Waals surface area contributed by atoms with Crippen LogP contribution in [0.4, 0.5) is 0 Å². The number of carbonyl (C=O) groups is 2. The second kappa shape index (κ2) is 9.88. The van der Waals surface area contributed by atoms with Crippen LogP contribution in [-0.2, 0) is 13.0 Å².